The number of hydrogen-bond acceptors (Lipinski definition) is 4. The second kappa shape index (κ2) is 8.98. The molecule has 0 aliphatic carbocycles. The number of nitrogens with zero attached hydrogens (tertiary/aromatic N) is 2. The average Bonchev–Trinajstić information content (AvgIpc) is 2.66. The number of aromatic nitrogens is 2. The Morgan fingerprint density at radius 1 is 1.14 bits per heavy atom. The van der Waals surface area contributed by atoms with E-state index < -0.39 is 17.2 Å². The molecule has 0 atom stereocenters. The lowest BCUT2D eigenvalue weighted by Gasteiger charge is -2.11. The SMILES string of the molecule is CC(C)CNC(=O)c1ccccc1NC(=O)/C=C/c1cn(C)c(=O)n(C)c1=O. The summed E-state index contributed by atoms with van der Waals surface area (Å²) >= 11 is 0. The molecule has 0 aliphatic heterocycles. The fraction of sp³-hybridized carbons (Fsp3) is 0.300. The number of hydrogen-bond donors (Lipinski definition) is 2. The van der Waals surface area contributed by atoms with Gasteiger partial charge in [0.25, 0.3) is 11.5 Å². The standard InChI is InChI=1S/C20H24N4O4/c1-13(2)11-21-18(26)15-7-5-6-8-16(15)22-17(25)10-9-14-12-23(3)20(28)24(4)19(14)27/h5-10,12-13H,11H2,1-4H3,(H,21,26)(H,22,25)/b10-9+. The van der Waals surface area contributed by atoms with Crippen molar-refractivity contribution in [2.45, 2.75) is 13.8 Å². The summed E-state index contributed by atoms with van der Waals surface area (Å²) in [6.07, 6.45) is 3.88. The van der Waals surface area contributed by atoms with Crippen LogP contribution in [-0.2, 0) is 18.9 Å². The summed E-state index contributed by atoms with van der Waals surface area (Å²) in [5.74, 6) is -0.474. The first-order chi connectivity index (χ1) is 13.2. The number of para-hydroxylation sites is 1. The van der Waals surface area contributed by atoms with Crippen LogP contribution in [0.3, 0.4) is 0 Å². The summed E-state index contributed by atoms with van der Waals surface area (Å²) in [5, 5.41) is 5.46. The lowest BCUT2D eigenvalue weighted by Crippen LogP contribution is -2.37. The van der Waals surface area contributed by atoms with Gasteiger partial charge in [-0.05, 0) is 24.1 Å². The van der Waals surface area contributed by atoms with E-state index in [4.69, 9.17) is 0 Å². The van der Waals surface area contributed by atoms with Gasteiger partial charge in [0, 0.05) is 32.9 Å². The molecule has 0 unspecified atom stereocenters. The van der Waals surface area contributed by atoms with E-state index in [9.17, 15) is 19.2 Å². The minimum Gasteiger partial charge on any atom is -0.352 e. The van der Waals surface area contributed by atoms with Gasteiger partial charge in [-0.25, -0.2) is 4.79 Å². The van der Waals surface area contributed by atoms with Gasteiger partial charge >= 0.3 is 5.69 Å². The zero-order valence-corrected chi connectivity index (χ0v) is 16.4. The smallest absolute Gasteiger partial charge is 0.330 e. The van der Waals surface area contributed by atoms with Gasteiger partial charge in [-0.3, -0.25) is 19.0 Å². The Kier molecular flexibility index (Phi) is 6.70. The second-order valence-corrected chi connectivity index (χ2v) is 6.81. The lowest BCUT2D eigenvalue weighted by atomic mass is 10.1. The van der Waals surface area contributed by atoms with Crippen molar-refractivity contribution in [1.29, 1.82) is 0 Å². The molecule has 8 nitrogen and oxygen atoms in total. The molecule has 0 radical (unpaired) electrons. The predicted molar refractivity (Wildman–Crippen MR) is 108 cm³/mol. The maximum atomic E-state index is 12.3. The predicted octanol–water partition coefficient (Wildman–Crippen LogP) is 1.12. The number of anilines is 1. The third kappa shape index (κ3) is 5.06. The molecular weight excluding hydrogens is 360 g/mol. The van der Waals surface area contributed by atoms with E-state index >= 15 is 0 Å². The van der Waals surface area contributed by atoms with Gasteiger partial charge in [0.15, 0.2) is 0 Å². The van der Waals surface area contributed by atoms with Gasteiger partial charge in [-0.2, -0.15) is 0 Å². The van der Waals surface area contributed by atoms with Crippen LogP contribution in [0.5, 0.6) is 0 Å². The third-order valence-corrected chi connectivity index (χ3v) is 3.99. The van der Waals surface area contributed by atoms with Crippen LogP contribution in [0.4, 0.5) is 5.69 Å². The Balaban J connectivity index is 2.19. The highest BCUT2D eigenvalue weighted by atomic mass is 16.2. The summed E-state index contributed by atoms with van der Waals surface area (Å²) in [7, 11) is 2.89. The van der Waals surface area contributed by atoms with Crippen molar-refractivity contribution in [2.24, 2.45) is 20.0 Å². The van der Waals surface area contributed by atoms with Crippen LogP contribution in [0.15, 0.2) is 46.1 Å². The largest absolute Gasteiger partial charge is 0.352 e. The average molecular weight is 384 g/mol. The molecule has 148 valence electrons. The van der Waals surface area contributed by atoms with Crippen LogP contribution in [0.2, 0.25) is 0 Å². The van der Waals surface area contributed by atoms with Crippen LogP contribution in [-0.4, -0.2) is 27.5 Å². The molecule has 0 saturated carbocycles. The maximum Gasteiger partial charge on any atom is 0.330 e. The molecule has 1 aromatic carbocycles. The molecule has 2 amide bonds. The van der Waals surface area contributed by atoms with E-state index in [1.165, 1.54) is 37.0 Å². The Morgan fingerprint density at radius 3 is 2.50 bits per heavy atom. The van der Waals surface area contributed by atoms with Gasteiger partial charge < -0.3 is 15.2 Å². The zero-order chi connectivity index (χ0) is 20.8. The van der Waals surface area contributed by atoms with Gasteiger partial charge in [-0.1, -0.05) is 26.0 Å². The topological polar surface area (TPSA) is 102 Å². The number of nitrogens with one attached hydrogen (secondary N) is 2. The first kappa shape index (κ1) is 20.9. The molecule has 0 saturated heterocycles. The van der Waals surface area contributed by atoms with Gasteiger partial charge in [-0.15, -0.1) is 0 Å². The van der Waals surface area contributed by atoms with Gasteiger partial charge in [0.05, 0.1) is 16.8 Å². The Morgan fingerprint density at radius 2 is 1.82 bits per heavy atom. The number of carbonyl (C=O) groups is 2. The van der Waals surface area contributed by atoms with E-state index in [1.807, 2.05) is 13.8 Å². The molecule has 0 aliphatic rings. The van der Waals surface area contributed by atoms with Gasteiger partial charge in [0.1, 0.15) is 0 Å². The van der Waals surface area contributed by atoms with Crippen molar-refractivity contribution in [2.75, 3.05) is 11.9 Å². The maximum absolute atomic E-state index is 12.3. The lowest BCUT2D eigenvalue weighted by molar-refractivity contribution is -0.111. The van der Waals surface area contributed by atoms with E-state index in [-0.39, 0.29) is 11.5 Å². The first-order valence-electron chi connectivity index (χ1n) is 8.83. The van der Waals surface area contributed by atoms with E-state index in [2.05, 4.69) is 10.6 Å². The Labute approximate surface area is 162 Å². The molecule has 1 heterocycles. The van der Waals surface area contributed by atoms with Crippen molar-refractivity contribution < 1.29 is 9.59 Å². The Hall–Kier alpha value is -3.42. The van der Waals surface area contributed by atoms with E-state index in [0.29, 0.717) is 23.7 Å². The van der Waals surface area contributed by atoms with Crippen LogP contribution >= 0.6 is 0 Å². The first-order valence-corrected chi connectivity index (χ1v) is 8.83. The fourth-order valence-electron chi connectivity index (χ4n) is 2.47. The monoisotopic (exact) mass is 384 g/mol. The molecule has 0 bridgehead atoms. The minimum atomic E-state index is -0.500. The number of amides is 2. The molecule has 8 heteroatoms. The summed E-state index contributed by atoms with van der Waals surface area (Å²) in [5.41, 5.74) is -0.0362. The molecule has 1 aromatic heterocycles. The quantitative estimate of drug-likeness (QED) is 0.729. The van der Waals surface area contributed by atoms with E-state index in [1.54, 1.807) is 24.3 Å². The van der Waals surface area contributed by atoms with Crippen LogP contribution in [0.25, 0.3) is 6.08 Å². The van der Waals surface area contributed by atoms with Crippen molar-refractivity contribution in [3.63, 3.8) is 0 Å². The normalized spacial score (nSPS) is 11.0. The molecular formula is C20H24N4O4. The summed E-state index contributed by atoms with van der Waals surface area (Å²) in [4.78, 5) is 48.4. The highest BCUT2D eigenvalue weighted by Crippen LogP contribution is 2.15. The summed E-state index contributed by atoms with van der Waals surface area (Å²) < 4.78 is 2.22. The van der Waals surface area contributed by atoms with Crippen LogP contribution < -0.4 is 21.9 Å². The number of benzene rings is 1. The molecule has 2 aromatic rings. The van der Waals surface area contributed by atoms with Crippen LogP contribution in [0.1, 0.15) is 29.8 Å². The van der Waals surface area contributed by atoms with Crippen molar-refractivity contribution >= 4 is 23.6 Å². The highest BCUT2D eigenvalue weighted by molar-refractivity contribution is 6.07. The van der Waals surface area contributed by atoms with Crippen molar-refractivity contribution in [1.82, 2.24) is 14.5 Å². The molecule has 28 heavy (non-hydrogen) atoms. The van der Waals surface area contributed by atoms with Gasteiger partial charge in [0.2, 0.25) is 5.91 Å². The minimum absolute atomic E-state index is 0.197. The van der Waals surface area contributed by atoms with Crippen molar-refractivity contribution in [3.05, 3.63) is 68.5 Å². The van der Waals surface area contributed by atoms with E-state index in [0.717, 1.165) is 4.57 Å². The fourth-order valence-corrected chi connectivity index (χ4v) is 2.47. The summed E-state index contributed by atoms with van der Waals surface area (Å²) in [6.45, 7) is 4.50. The zero-order valence-electron chi connectivity index (χ0n) is 16.4. The molecule has 0 fully saturated rings. The number of aryl methyl sites for hydroxylation is 1. The summed E-state index contributed by atoms with van der Waals surface area (Å²) in [6, 6.07) is 6.67. The highest BCUT2D eigenvalue weighted by Gasteiger charge is 2.12. The van der Waals surface area contributed by atoms with Crippen LogP contribution in [0, 0.1) is 5.92 Å². The molecule has 0 spiro atoms. The molecule has 2 rings (SSSR count). The third-order valence-electron chi connectivity index (χ3n) is 3.99. The number of rotatable bonds is 6. The second-order valence-electron chi connectivity index (χ2n) is 6.81. The Bertz CT molecular complexity index is 1030. The molecule has 2 N–H and O–H groups in total. The number of carbonyl (C=O) groups excluding carboxylic acids is 2. The van der Waals surface area contributed by atoms with Crippen molar-refractivity contribution in [3.8, 4) is 0 Å².